The number of pyridine rings is 1. The van der Waals surface area contributed by atoms with Gasteiger partial charge in [-0.15, -0.1) is 0 Å². The van der Waals surface area contributed by atoms with Crippen LogP contribution < -0.4 is 19.7 Å². The molecule has 2 aromatic carbocycles. The van der Waals surface area contributed by atoms with Crippen LogP contribution >= 0.6 is 0 Å². The van der Waals surface area contributed by atoms with E-state index in [0.717, 1.165) is 35.3 Å². The molecule has 2 atom stereocenters. The van der Waals surface area contributed by atoms with Crippen molar-refractivity contribution in [3.8, 4) is 22.8 Å². The van der Waals surface area contributed by atoms with E-state index >= 15 is 0 Å². The number of carbonyl (C=O) groups is 1. The summed E-state index contributed by atoms with van der Waals surface area (Å²) in [6.07, 6.45) is 2.30. The summed E-state index contributed by atoms with van der Waals surface area (Å²) in [7, 11) is 1.40. The molecule has 0 bridgehead atoms. The number of carbonyl (C=O) groups excluding carboxylic acids is 1. The highest BCUT2D eigenvalue weighted by Crippen LogP contribution is 2.47. The minimum Gasteiger partial charge on any atom is -0.487 e. The molecule has 8 heteroatoms. The van der Waals surface area contributed by atoms with Gasteiger partial charge in [-0.2, -0.15) is 0 Å². The second kappa shape index (κ2) is 9.46. The van der Waals surface area contributed by atoms with Crippen molar-refractivity contribution in [1.29, 1.82) is 0 Å². The molecular formula is C27H29N3O5. The first kappa shape index (κ1) is 23.0. The third-order valence-corrected chi connectivity index (χ3v) is 6.45. The third kappa shape index (κ3) is 4.88. The highest BCUT2D eigenvalue weighted by atomic mass is 16.5. The number of rotatable bonds is 8. The number of fused-ring (bicyclic) bond motifs is 1. The highest BCUT2D eigenvalue weighted by Gasteiger charge is 2.52. The zero-order valence-electron chi connectivity index (χ0n) is 19.8. The van der Waals surface area contributed by atoms with Gasteiger partial charge in [-0.25, -0.2) is 4.98 Å². The van der Waals surface area contributed by atoms with E-state index in [1.54, 1.807) is 12.3 Å². The van der Waals surface area contributed by atoms with Crippen LogP contribution in [0, 0.1) is 5.41 Å². The lowest BCUT2D eigenvalue weighted by Crippen LogP contribution is -2.48. The van der Waals surface area contributed by atoms with Crippen LogP contribution in [0.5, 0.6) is 11.6 Å². The van der Waals surface area contributed by atoms with Gasteiger partial charge < -0.3 is 29.5 Å². The summed E-state index contributed by atoms with van der Waals surface area (Å²) in [6.45, 7) is 2.80. The van der Waals surface area contributed by atoms with Gasteiger partial charge in [0.1, 0.15) is 23.9 Å². The summed E-state index contributed by atoms with van der Waals surface area (Å²) >= 11 is 0. The Morgan fingerprint density at radius 2 is 1.97 bits per heavy atom. The van der Waals surface area contributed by atoms with E-state index in [1.165, 1.54) is 7.11 Å². The quantitative estimate of drug-likeness (QED) is 0.372. The monoisotopic (exact) mass is 475 g/mol. The van der Waals surface area contributed by atoms with Crippen molar-refractivity contribution in [3.05, 3.63) is 66.9 Å². The molecule has 0 amide bonds. The minimum atomic E-state index is -0.897. The number of aromatic nitrogens is 1. The van der Waals surface area contributed by atoms with Crippen LogP contribution in [0.2, 0.25) is 0 Å². The van der Waals surface area contributed by atoms with Gasteiger partial charge in [0.05, 0.1) is 19.3 Å². The summed E-state index contributed by atoms with van der Waals surface area (Å²) in [5, 5.41) is 14.0. The summed E-state index contributed by atoms with van der Waals surface area (Å²) in [5.41, 5.74) is 2.98. The average Bonchev–Trinajstić information content (AvgIpc) is 3.68. The Morgan fingerprint density at radius 1 is 1.20 bits per heavy atom. The molecule has 1 aromatic heterocycles. The summed E-state index contributed by atoms with van der Waals surface area (Å²) in [6, 6.07) is 19.2. The molecule has 2 unspecified atom stereocenters. The zero-order chi connectivity index (χ0) is 24.4. The standard InChI is InChI=1S/C27H29N3O5/c1-18-16-30(26(32)29-21-6-4-3-5-7-21)22-10-8-19(14-23(22)35-18)20-9-11-24(28-15-20)34-17-27(12-13-27)25(31)33-2/h3-11,14-15,18,26,29,32H,12-13,16-17H2,1-2H3. The van der Waals surface area contributed by atoms with E-state index in [9.17, 15) is 9.90 Å². The van der Waals surface area contributed by atoms with Crippen molar-refractivity contribution >= 4 is 17.3 Å². The van der Waals surface area contributed by atoms with Crippen molar-refractivity contribution in [2.75, 3.05) is 30.5 Å². The fraction of sp³-hybridized carbons (Fsp3) is 0.333. The molecule has 8 nitrogen and oxygen atoms in total. The maximum Gasteiger partial charge on any atom is 0.315 e. The predicted molar refractivity (Wildman–Crippen MR) is 132 cm³/mol. The number of para-hydroxylation sites is 1. The summed E-state index contributed by atoms with van der Waals surface area (Å²) in [4.78, 5) is 18.2. The van der Waals surface area contributed by atoms with Gasteiger partial charge in [0.25, 0.3) is 0 Å². The average molecular weight is 476 g/mol. The second-order valence-corrected chi connectivity index (χ2v) is 9.09. The number of nitrogens with one attached hydrogen (secondary N) is 1. The van der Waals surface area contributed by atoms with Gasteiger partial charge in [-0.1, -0.05) is 24.3 Å². The molecule has 1 aliphatic carbocycles. The highest BCUT2D eigenvalue weighted by molar-refractivity contribution is 5.80. The van der Waals surface area contributed by atoms with Crippen molar-refractivity contribution in [3.63, 3.8) is 0 Å². The Bertz CT molecular complexity index is 1180. The Balaban J connectivity index is 1.29. The minimum absolute atomic E-state index is 0.0940. The number of hydrogen-bond acceptors (Lipinski definition) is 8. The predicted octanol–water partition coefficient (Wildman–Crippen LogP) is 4.06. The van der Waals surface area contributed by atoms with Crippen LogP contribution in [0.25, 0.3) is 11.1 Å². The molecule has 5 rings (SSSR count). The van der Waals surface area contributed by atoms with Gasteiger partial charge in [0.2, 0.25) is 12.2 Å². The summed E-state index contributed by atoms with van der Waals surface area (Å²) in [5.74, 6) is 0.938. The molecule has 3 aromatic rings. The molecule has 35 heavy (non-hydrogen) atoms. The Labute approximate surface area is 204 Å². The van der Waals surface area contributed by atoms with E-state index in [-0.39, 0.29) is 18.7 Å². The zero-order valence-corrected chi connectivity index (χ0v) is 19.8. The number of hydrogen-bond donors (Lipinski definition) is 2. The number of nitrogens with zero attached hydrogens (tertiary/aromatic N) is 2. The summed E-state index contributed by atoms with van der Waals surface area (Å²) < 4.78 is 16.7. The van der Waals surface area contributed by atoms with Gasteiger partial charge in [0.15, 0.2) is 0 Å². The smallest absolute Gasteiger partial charge is 0.315 e. The van der Waals surface area contributed by atoms with E-state index in [2.05, 4.69) is 10.3 Å². The van der Waals surface area contributed by atoms with Crippen molar-refractivity contribution in [2.45, 2.75) is 32.2 Å². The van der Waals surface area contributed by atoms with E-state index in [4.69, 9.17) is 14.2 Å². The van der Waals surface area contributed by atoms with Crippen molar-refractivity contribution in [1.82, 2.24) is 4.98 Å². The maximum atomic E-state index is 11.9. The Hall–Kier alpha value is -3.78. The number of aliphatic hydroxyl groups is 1. The maximum absolute atomic E-state index is 11.9. The molecular weight excluding hydrogens is 446 g/mol. The fourth-order valence-corrected chi connectivity index (χ4v) is 4.27. The number of anilines is 2. The van der Waals surface area contributed by atoms with E-state index < -0.39 is 11.8 Å². The first-order chi connectivity index (χ1) is 17.0. The normalized spacial score (nSPS) is 18.6. The van der Waals surface area contributed by atoms with Crippen LogP contribution in [0.15, 0.2) is 66.9 Å². The third-order valence-electron chi connectivity index (χ3n) is 6.45. The van der Waals surface area contributed by atoms with Gasteiger partial charge in [0, 0.05) is 23.5 Å². The lowest BCUT2D eigenvalue weighted by Gasteiger charge is -2.38. The van der Waals surface area contributed by atoms with Crippen molar-refractivity contribution < 1.29 is 24.1 Å². The Morgan fingerprint density at radius 3 is 2.66 bits per heavy atom. The topological polar surface area (TPSA) is 93.2 Å². The number of methoxy groups -OCH3 is 1. The van der Waals surface area contributed by atoms with E-state index in [0.29, 0.717) is 18.2 Å². The lowest BCUT2D eigenvalue weighted by atomic mass is 10.1. The number of benzene rings is 2. The van der Waals surface area contributed by atoms with Gasteiger partial charge in [-0.05, 0) is 55.7 Å². The molecule has 0 saturated heterocycles. The van der Waals surface area contributed by atoms with Crippen LogP contribution in [-0.4, -0.2) is 48.8 Å². The SMILES string of the molecule is COC(=O)C1(COc2ccc(-c3ccc4c(c3)OC(C)CN4C(O)Nc3ccccc3)cn2)CC1. The molecule has 2 N–H and O–H groups in total. The molecule has 1 aliphatic heterocycles. The van der Waals surface area contributed by atoms with Gasteiger partial charge >= 0.3 is 5.97 Å². The molecule has 2 aliphatic rings. The first-order valence-corrected chi connectivity index (χ1v) is 11.7. The number of aliphatic hydroxyl groups excluding tert-OH is 1. The van der Waals surface area contributed by atoms with Crippen LogP contribution in [-0.2, 0) is 9.53 Å². The Kier molecular flexibility index (Phi) is 6.21. The molecule has 1 fully saturated rings. The molecule has 1 saturated carbocycles. The lowest BCUT2D eigenvalue weighted by molar-refractivity contribution is -0.148. The molecule has 2 heterocycles. The van der Waals surface area contributed by atoms with Gasteiger partial charge in [-0.3, -0.25) is 4.79 Å². The number of esters is 1. The second-order valence-electron chi connectivity index (χ2n) is 9.09. The first-order valence-electron chi connectivity index (χ1n) is 11.7. The molecule has 0 radical (unpaired) electrons. The molecule has 0 spiro atoms. The largest absolute Gasteiger partial charge is 0.487 e. The van der Waals surface area contributed by atoms with E-state index in [1.807, 2.05) is 66.4 Å². The number of ether oxygens (including phenoxy) is 3. The molecule has 182 valence electrons. The van der Waals surface area contributed by atoms with Crippen LogP contribution in [0.1, 0.15) is 19.8 Å². The fourth-order valence-electron chi connectivity index (χ4n) is 4.27. The van der Waals surface area contributed by atoms with Crippen LogP contribution in [0.3, 0.4) is 0 Å². The van der Waals surface area contributed by atoms with Crippen LogP contribution in [0.4, 0.5) is 11.4 Å². The van der Waals surface area contributed by atoms with Crippen molar-refractivity contribution in [2.24, 2.45) is 5.41 Å².